The van der Waals surface area contributed by atoms with Gasteiger partial charge in [0.15, 0.2) is 18.3 Å². The summed E-state index contributed by atoms with van der Waals surface area (Å²) in [6.07, 6.45) is -11.2. The molecule has 0 bridgehead atoms. The minimum Gasteiger partial charge on any atom is -0.477 e. The van der Waals surface area contributed by atoms with Crippen molar-refractivity contribution in [3.05, 3.63) is 47.7 Å². The van der Waals surface area contributed by atoms with E-state index in [2.05, 4.69) is 4.74 Å². The van der Waals surface area contributed by atoms with Crippen molar-refractivity contribution in [3.8, 4) is 0 Å². The third-order valence-corrected chi connectivity index (χ3v) is 5.27. The van der Waals surface area contributed by atoms with Gasteiger partial charge in [0.25, 0.3) is 0 Å². The molecule has 0 spiro atoms. The monoisotopic (exact) mass is 575 g/mol. The van der Waals surface area contributed by atoms with Gasteiger partial charge in [0.05, 0.1) is 19.8 Å². The van der Waals surface area contributed by atoms with Crippen molar-refractivity contribution >= 4 is 29.8 Å². The van der Waals surface area contributed by atoms with Gasteiger partial charge in [-0.3, -0.25) is 19.2 Å². The molecule has 1 aliphatic rings. The van der Waals surface area contributed by atoms with Crippen molar-refractivity contribution in [2.75, 3.05) is 13.7 Å². The van der Waals surface area contributed by atoms with Gasteiger partial charge in [-0.15, -0.1) is 0 Å². The number of alkyl halides is 3. The summed E-state index contributed by atoms with van der Waals surface area (Å²) in [4.78, 5) is 59.8. The maximum atomic E-state index is 13.3. The zero-order valence-corrected chi connectivity index (χ0v) is 21.9. The first-order valence-electron chi connectivity index (χ1n) is 11.7. The number of nitrogens with one attached hydrogen (secondary N) is 1. The van der Waals surface area contributed by atoms with Gasteiger partial charge in [0.1, 0.15) is 12.7 Å². The summed E-state index contributed by atoms with van der Waals surface area (Å²) >= 11 is 0. The lowest BCUT2D eigenvalue weighted by Gasteiger charge is -2.41. The number of esters is 4. The van der Waals surface area contributed by atoms with Crippen LogP contribution >= 0.6 is 0 Å². The van der Waals surface area contributed by atoms with Crippen LogP contribution in [0, 0.1) is 0 Å². The van der Waals surface area contributed by atoms with Crippen LogP contribution in [0.25, 0.3) is 0 Å². The molecule has 1 N–H and O–H groups in total. The van der Waals surface area contributed by atoms with Gasteiger partial charge in [-0.1, -0.05) is 30.3 Å². The molecule has 2 rings (SSSR count). The zero-order valence-electron chi connectivity index (χ0n) is 21.9. The lowest BCUT2D eigenvalue weighted by Crippen LogP contribution is -2.63. The Hall–Kier alpha value is -4.14. The minimum atomic E-state index is -5.36. The number of carbonyl (C=O) groups is 5. The summed E-state index contributed by atoms with van der Waals surface area (Å²) in [6, 6.07) is 6.60. The van der Waals surface area contributed by atoms with Crippen molar-refractivity contribution in [1.29, 1.82) is 0 Å². The van der Waals surface area contributed by atoms with Crippen molar-refractivity contribution in [3.63, 3.8) is 0 Å². The summed E-state index contributed by atoms with van der Waals surface area (Å²) in [6.45, 7) is 2.03. The molecule has 40 heavy (non-hydrogen) atoms. The Morgan fingerprint density at radius 1 is 0.975 bits per heavy atom. The van der Waals surface area contributed by atoms with Crippen LogP contribution in [-0.4, -0.2) is 80.1 Å². The quantitative estimate of drug-likeness (QED) is 0.302. The minimum absolute atomic E-state index is 0.194. The van der Waals surface area contributed by atoms with Crippen LogP contribution < -0.4 is 5.32 Å². The SMILES string of the molecule is COC(=O)C1=C[C@@H](OCc2ccccc2)[C@@H](NC(=O)C(F)(F)F)[C@H]([C@H](OC(C)=O)[C@@H](COC(C)=O)OC(C)=O)O1. The summed E-state index contributed by atoms with van der Waals surface area (Å²) < 4.78 is 71.3. The van der Waals surface area contributed by atoms with Crippen LogP contribution in [0.3, 0.4) is 0 Å². The molecule has 220 valence electrons. The van der Waals surface area contributed by atoms with Crippen molar-refractivity contribution in [2.45, 2.75) is 64.0 Å². The molecule has 0 aromatic heterocycles. The van der Waals surface area contributed by atoms with Gasteiger partial charge in [-0.05, 0) is 11.6 Å². The highest BCUT2D eigenvalue weighted by Crippen LogP contribution is 2.29. The molecule has 0 radical (unpaired) electrons. The van der Waals surface area contributed by atoms with Gasteiger partial charge >= 0.3 is 36.0 Å². The van der Waals surface area contributed by atoms with E-state index < -0.39 is 78.8 Å². The topological polar surface area (TPSA) is 153 Å². The van der Waals surface area contributed by atoms with Crippen LogP contribution in [0.15, 0.2) is 42.2 Å². The fraction of sp³-hybridized carbons (Fsp3) is 0.480. The van der Waals surface area contributed by atoms with E-state index in [9.17, 15) is 37.1 Å². The molecule has 1 heterocycles. The van der Waals surface area contributed by atoms with Gasteiger partial charge in [0.2, 0.25) is 5.76 Å². The van der Waals surface area contributed by atoms with Crippen molar-refractivity contribution in [1.82, 2.24) is 5.32 Å². The average molecular weight is 575 g/mol. The van der Waals surface area contributed by atoms with Gasteiger partial charge in [0, 0.05) is 20.8 Å². The number of amides is 1. The maximum Gasteiger partial charge on any atom is 0.471 e. The Morgan fingerprint density at radius 2 is 1.60 bits per heavy atom. The summed E-state index contributed by atoms with van der Waals surface area (Å²) in [5, 5.41) is 1.75. The fourth-order valence-electron chi connectivity index (χ4n) is 3.66. The van der Waals surface area contributed by atoms with E-state index in [1.165, 1.54) is 0 Å². The summed E-state index contributed by atoms with van der Waals surface area (Å²) in [5.74, 6) is -6.82. The molecular formula is C25H28F3NO11. The van der Waals surface area contributed by atoms with E-state index in [1.54, 1.807) is 35.6 Å². The van der Waals surface area contributed by atoms with Gasteiger partial charge in [-0.25, -0.2) is 4.79 Å². The number of halogens is 3. The first-order valence-corrected chi connectivity index (χ1v) is 11.7. The second kappa shape index (κ2) is 14.3. The third kappa shape index (κ3) is 9.55. The Kier molecular flexibility index (Phi) is 11.5. The second-order valence-electron chi connectivity index (χ2n) is 8.39. The molecule has 0 aliphatic carbocycles. The summed E-state index contributed by atoms with van der Waals surface area (Å²) in [5.41, 5.74) is 0.587. The lowest BCUT2D eigenvalue weighted by molar-refractivity contribution is -0.194. The molecule has 0 saturated heterocycles. The van der Waals surface area contributed by atoms with E-state index in [0.717, 1.165) is 34.0 Å². The molecule has 1 aromatic rings. The van der Waals surface area contributed by atoms with Crippen LogP contribution in [0.1, 0.15) is 26.3 Å². The molecular weight excluding hydrogens is 547 g/mol. The first kappa shape index (κ1) is 32.1. The highest BCUT2D eigenvalue weighted by molar-refractivity contribution is 5.87. The smallest absolute Gasteiger partial charge is 0.471 e. The molecule has 5 atom stereocenters. The van der Waals surface area contributed by atoms with E-state index in [0.29, 0.717) is 5.56 Å². The number of carbonyl (C=O) groups excluding carboxylic acids is 5. The number of methoxy groups -OCH3 is 1. The largest absolute Gasteiger partial charge is 0.477 e. The van der Waals surface area contributed by atoms with Crippen LogP contribution in [-0.2, 0) is 59.0 Å². The van der Waals surface area contributed by atoms with Crippen molar-refractivity contribution in [2.24, 2.45) is 0 Å². The number of rotatable bonds is 11. The second-order valence-corrected chi connectivity index (χ2v) is 8.39. The average Bonchev–Trinajstić information content (AvgIpc) is 2.88. The number of hydrogen-bond donors (Lipinski definition) is 1. The normalized spacial score (nSPS) is 20.1. The van der Waals surface area contributed by atoms with Crippen LogP contribution in [0.5, 0.6) is 0 Å². The predicted octanol–water partition coefficient (Wildman–Crippen LogP) is 1.50. The zero-order chi connectivity index (χ0) is 30.0. The molecule has 0 fully saturated rings. The Bertz CT molecular complexity index is 1110. The predicted molar refractivity (Wildman–Crippen MR) is 126 cm³/mol. The molecule has 0 saturated carbocycles. The van der Waals surface area contributed by atoms with Crippen LogP contribution in [0.2, 0.25) is 0 Å². The Morgan fingerprint density at radius 3 is 2.12 bits per heavy atom. The van der Waals surface area contributed by atoms with E-state index in [-0.39, 0.29) is 6.61 Å². The van der Waals surface area contributed by atoms with E-state index in [4.69, 9.17) is 23.7 Å². The molecule has 1 aromatic carbocycles. The molecule has 15 heteroatoms. The number of benzene rings is 1. The summed E-state index contributed by atoms with van der Waals surface area (Å²) in [7, 11) is 1.00. The Labute approximate surface area is 226 Å². The first-order chi connectivity index (χ1) is 18.7. The van der Waals surface area contributed by atoms with E-state index in [1.807, 2.05) is 0 Å². The van der Waals surface area contributed by atoms with E-state index >= 15 is 0 Å². The fourth-order valence-corrected chi connectivity index (χ4v) is 3.66. The third-order valence-electron chi connectivity index (χ3n) is 5.27. The number of hydrogen-bond acceptors (Lipinski definition) is 11. The number of ether oxygens (including phenoxy) is 6. The highest BCUT2D eigenvalue weighted by Gasteiger charge is 2.51. The van der Waals surface area contributed by atoms with Crippen molar-refractivity contribution < 1.29 is 65.6 Å². The van der Waals surface area contributed by atoms with Crippen LogP contribution in [0.4, 0.5) is 13.2 Å². The van der Waals surface area contributed by atoms with Gasteiger partial charge in [-0.2, -0.15) is 13.2 Å². The molecule has 12 nitrogen and oxygen atoms in total. The molecule has 0 unspecified atom stereocenters. The maximum absolute atomic E-state index is 13.3. The highest BCUT2D eigenvalue weighted by atomic mass is 19.4. The Balaban J connectivity index is 2.63. The lowest BCUT2D eigenvalue weighted by atomic mass is 9.93. The molecule has 1 aliphatic heterocycles. The standard InChI is InChI=1S/C25H28F3NO11/c1-13(30)36-12-19(38-14(2)31)21(39-15(3)32)22-20(29-24(34)25(26,27)28)17(10-18(40-22)23(33)35-4)37-11-16-8-6-5-7-9-16/h5-10,17,19-22H,11-12H2,1-4H3,(H,29,34)/t17-,19-,20-,21-,22-/m1/s1. The van der Waals surface area contributed by atoms with Gasteiger partial charge < -0.3 is 33.7 Å². The molecule has 1 amide bonds.